The van der Waals surface area contributed by atoms with Crippen molar-refractivity contribution in [1.29, 1.82) is 0 Å². The fourth-order valence-electron chi connectivity index (χ4n) is 3.33. The molecule has 0 saturated heterocycles. The van der Waals surface area contributed by atoms with Gasteiger partial charge in [0.05, 0.1) is 0 Å². The monoisotopic (exact) mass is 419 g/mol. The maximum Gasteiger partial charge on any atom is 0.417 e. The second-order valence-electron chi connectivity index (χ2n) is 7.49. The van der Waals surface area contributed by atoms with E-state index in [0.29, 0.717) is 29.1 Å². The van der Waals surface area contributed by atoms with Crippen LogP contribution in [0.1, 0.15) is 51.9 Å². The van der Waals surface area contributed by atoms with Gasteiger partial charge in [0.15, 0.2) is 5.75 Å². The van der Waals surface area contributed by atoms with Crippen LogP contribution in [0.15, 0.2) is 60.8 Å². The van der Waals surface area contributed by atoms with Gasteiger partial charge in [0.1, 0.15) is 5.52 Å². The van der Waals surface area contributed by atoms with Crippen molar-refractivity contribution in [3.63, 3.8) is 0 Å². The van der Waals surface area contributed by atoms with E-state index in [9.17, 15) is 9.59 Å². The predicted octanol–water partition coefficient (Wildman–Crippen LogP) is 6.53. The van der Waals surface area contributed by atoms with Crippen LogP contribution in [-0.4, -0.2) is 17.0 Å². The molecule has 0 bridgehead atoms. The average molecular weight is 420 g/mol. The molecule has 2 aromatic carbocycles. The first kappa shape index (κ1) is 22.3. The van der Waals surface area contributed by atoms with Crippen LogP contribution < -0.4 is 15.4 Å². The third-order valence-corrected chi connectivity index (χ3v) is 4.97. The number of aromatic nitrogens is 1. The zero-order chi connectivity index (χ0) is 21.9. The van der Waals surface area contributed by atoms with E-state index < -0.39 is 6.09 Å². The first-order valence-electron chi connectivity index (χ1n) is 10.9. The van der Waals surface area contributed by atoms with Crippen molar-refractivity contribution in [2.24, 2.45) is 0 Å². The number of fused-ring (bicyclic) bond motifs is 1. The fourth-order valence-corrected chi connectivity index (χ4v) is 3.33. The zero-order valence-corrected chi connectivity index (χ0v) is 17.9. The van der Waals surface area contributed by atoms with Crippen LogP contribution in [-0.2, 0) is 4.79 Å². The minimum absolute atomic E-state index is 0.0130. The first-order valence-corrected chi connectivity index (χ1v) is 10.9. The van der Waals surface area contributed by atoms with E-state index in [4.69, 9.17) is 4.74 Å². The Kier molecular flexibility index (Phi) is 8.40. The van der Waals surface area contributed by atoms with Gasteiger partial charge in [0, 0.05) is 29.4 Å². The van der Waals surface area contributed by atoms with Gasteiger partial charge in [-0.15, -0.1) is 0 Å². The molecule has 0 aliphatic rings. The summed E-state index contributed by atoms with van der Waals surface area (Å²) in [6.45, 7) is 2.19. The number of carbonyl (C=O) groups is 2. The van der Waals surface area contributed by atoms with E-state index >= 15 is 0 Å². The molecule has 0 fully saturated rings. The molecular formula is C25H29N3O3. The number of rotatable bonds is 10. The average Bonchev–Trinajstić information content (AvgIpc) is 2.78. The molecule has 6 heteroatoms. The molecule has 31 heavy (non-hydrogen) atoms. The molecule has 0 saturated carbocycles. The van der Waals surface area contributed by atoms with E-state index in [2.05, 4.69) is 22.5 Å². The number of nitrogens with zero attached hydrogens (tertiary/aromatic N) is 1. The van der Waals surface area contributed by atoms with Crippen LogP contribution >= 0.6 is 0 Å². The van der Waals surface area contributed by atoms with Gasteiger partial charge in [-0.1, -0.05) is 57.2 Å². The normalized spacial score (nSPS) is 10.6. The van der Waals surface area contributed by atoms with Crippen LogP contribution in [0.4, 0.5) is 16.2 Å². The van der Waals surface area contributed by atoms with E-state index in [0.717, 1.165) is 18.2 Å². The summed E-state index contributed by atoms with van der Waals surface area (Å²) in [7, 11) is 0. The molecule has 3 rings (SSSR count). The number of para-hydroxylation sites is 1. The van der Waals surface area contributed by atoms with Crippen molar-refractivity contribution in [3.8, 4) is 5.75 Å². The van der Waals surface area contributed by atoms with Gasteiger partial charge in [-0.3, -0.25) is 15.1 Å². The van der Waals surface area contributed by atoms with Crippen molar-refractivity contribution in [2.45, 2.75) is 51.9 Å². The lowest BCUT2D eigenvalue weighted by molar-refractivity contribution is -0.116. The topological polar surface area (TPSA) is 80.3 Å². The number of pyridine rings is 1. The maximum atomic E-state index is 12.3. The largest absolute Gasteiger partial charge is 0.417 e. The molecule has 0 aliphatic carbocycles. The molecule has 0 radical (unpaired) electrons. The molecule has 0 spiro atoms. The number of hydrogen-bond donors (Lipinski definition) is 2. The predicted molar refractivity (Wildman–Crippen MR) is 124 cm³/mol. The Hall–Kier alpha value is -3.41. The number of unbranched alkanes of at least 4 members (excludes halogenated alkanes) is 5. The summed E-state index contributed by atoms with van der Waals surface area (Å²) in [6.07, 6.45) is 8.50. The highest BCUT2D eigenvalue weighted by molar-refractivity contribution is 5.92. The van der Waals surface area contributed by atoms with Gasteiger partial charge in [-0.2, -0.15) is 0 Å². The minimum Gasteiger partial charge on any atom is -0.408 e. The second-order valence-corrected chi connectivity index (χ2v) is 7.49. The lowest BCUT2D eigenvalue weighted by atomic mass is 10.1. The lowest BCUT2D eigenvalue weighted by Gasteiger charge is -2.09. The molecule has 2 N–H and O–H groups in total. The Labute approximate surface area is 183 Å². The molecular weight excluding hydrogens is 390 g/mol. The SMILES string of the molecule is CCCCCCCCC(=O)Nc1ccc(NC(=O)Oc2cccc3cccnc23)cc1. The summed E-state index contributed by atoms with van der Waals surface area (Å²) in [4.78, 5) is 28.6. The van der Waals surface area contributed by atoms with E-state index in [-0.39, 0.29) is 5.91 Å². The molecule has 1 aromatic heterocycles. The molecule has 2 amide bonds. The van der Waals surface area contributed by atoms with E-state index in [1.165, 1.54) is 25.7 Å². The summed E-state index contributed by atoms with van der Waals surface area (Å²) < 4.78 is 5.42. The third kappa shape index (κ3) is 7.10. The van der Waals surface area contributed by atoms with Gasteiger partial charge >= 0.3 is 6.09 Å². The summed E-state index contributed by atoms with van der Waals surface area (Å²) in [5.74, 6) is 0.410. The number of carbonyl (C=O) groups excluding carboxylic acids is 2. The van der Waals surface area contributed by atoms with Crippen molar-refractivity contribution in [2.75, 3.05) is 10.6 Å². The van der Waals surface area contributed by atoms with Crippen LogP contribution in [0.2, 0.25) is 0 Å². The van der Waals surface area contributed by atoms with Gasteiger partial charge < -0.3 is 10.1 Å². The highest BCUT2D eigenvalue weighted by Crippen LogP contribution is 2.23. The van der Waals surface area contributed by atoms with Gasteiger partial charge in [0.2, 0.25) is 5.91 Å². The second kappa shape index (κ2) is 11.7. The summed E-state index contributed by atoms with van der Waals surface area (Å²) in [5, 5.41) is 6.48. The highest BCUT2D eigenvalue weighted by Gasteiger charge is 2.09. The Morgan fingerprint density at radius 1 is 0.839 bits per heavy atom. The minimum atomic E-state index is -0.599. The Morgan fingerprint density at radius 3 is 2.29 bits per heavy atom. The number of benzene rings is 2. The van der Waals surface area contributed by atoms with Crippen LogP contribution in [0, 0.1) is 0 Å². The number of anilines is 2. The van der Waals surface area contributed by atoms with Crippen molar-refractivity contribution in [1.82, 2.24) is 4.98 Å². The molecule has 0 aliphatic heterocycles. The highest BCUT2D eigenvalue weighted by atomic mass is 16.6. The quantitative estimate of drug-likeness (QED) is 0.366. The third-order valence-electron chi connectivity index (χ3n) is 4.97. The van der Waals surface area contributed by atoms with E-state index in [1.807, 2.05) is 24.3 Å². The molecule has 6 nitrogen and oxygen atoms in total. The Morgan fingerprint density at radius 2 is 1.52 bits per heavy atom. The first-order chi connectivity index (χ1) is 15.2. The van der Waals surface area contributed by atoms with Crippen molar-refractivity contribution in [3.05, 3.63) is 60.8 Å². The smallest absolute Gasteiger partial charge is 0.408 e. The molecule has 1 heterocycles. The maximum absolute atomic E-state index is 12.3. The van der Waals surface area contributed by atoms with E-state index in [1.54, 1.807) is 36.5 Å². The zero-order valence-electron chi connectivity index (χ0n) is 17.9. The van der Waals surface area contributed by atoms with Crippen LogP contribution in [0.3, 0.4) is 0 Å². The standard InChI is InChI=1S/C25H29N3O3/c1-2-3-4-5-6-7-13-23(29)27-20-14-16-21(17-15-20)28-25(30)31-22-12-8-10-19-11-9-18-26-24(19)22/h8-12,14-18H,2-7,13H2,1H3,(H,27,29)(H,28,30). The van der Waals surface area contributed by atoms with Gasteiger partial charge in [0.25, 0.3) is 0 Å². The number of hydrogen-bond acceptors (Lipinski definition) is 4. The molecule has 0 unspecified atom stereocenters. The lowest BCUT2D eigenvalue weighted by Crippen LogP contribution is -2.17. The molecule has 0 atom stereocenters. The Bertz CT molecular complexity index is 997. The van der Waals surface area contributed by atoms with Gasteiger partial charge in [-0.05, 0) is 42.8 Å². The number of nitrogens with one attached hydrogen (secondary N) is 2. The van der Waals surface area contributed by atoms with Crippen molar-refractivity contribution < 1.29 is 14.3 Å². The van der Waals surface area contributed by atoms with Gasteiger partial charge in [-0.25, -0.2) is 4.79 Å². The fraction of sp³-hybridized carbons (Fsp3) is 0.320. The summed E-state index contributed by atoms with van der Waals surface area (Å²) in [6, 6.07) is 16.1. The van der Waals surface area contributed by atoms with Crippen LogP contribution in [0.5, 0.6) is 5.75 Å². The molecule has 3 aromatic rings. The molecule has 162 valence electrons. The Balaban J connectivity index is 1.45. The van der Waals surface area contributed by atoms with Crippen molar-refractivity contribution >= 4 is 34.3 Å². The summed E-state index contributed by atoms with van der Waals surface area (Å²) >= 11 is 0. The van der Waals surface area contributed by atoms with Crippen LogP contribution in [0.25, 0.3) is 10.9 Å². The number of amides is 2. The summed E-state index contributed by atoms with van der Waals surface area (Å²) in [5.41, 5.74) is 1.91. The number of ether oxygens (including phenoxy) is 1.